The van der Waals surface area contributed by atoms with Crippen LogP contribution in [0.5, 0.6) is 0 Å². The third kappa shape index (κ3) is 2.95. The van der Waals surface area contributed by atoms with Crippen LogP contribution in [0, 0.1) is 17.7 Å². The number of carbonyl (C=O) groups excluding carboxylic acids is 3. The van der Waals surface area contributed by atoms with Gasteiger partial charge in [-0.15, -0.1) is 0 Å². The number of carbonyl (C=O) groups is 3. The predicted molar refractivity (Wildman–Crippen MR) is 99.4 cm³/mol. The molecule has 1 N–H and O–H groups in total. The Morgan fingerprint density at radius 3 is 2.63 bits per heavy atom. The number of methoxy groups -OCH3 is 1. The summed E-state index contributed by atoms with van der Waals surface area (Å²) in [5.74, 6) is -3.00. The fourth-order valence-electron chi connectivity index (χ4n) is 4.33. The lowest BCUT2D eigenvalue weighted by Gasteiger charge is -2.32. The molecule has 0 aliphatic carbocycles. The molecule has 27 heavy (non-hydrogen) atoms. The van der Waals surface area contributed by atoms with Gasteiger partial charge < -0.3 is 4.74 Å². The van der Waals surface area contributed by atoms with Crippen LogP contribution in [0.2, 0.25) is 0 Å². The van der Waals surface area contributed by atoms with E-state index in [2.05, 4.69) is 5.32 Å². The third-order valence-corrected chi connectivity index (χ3v) is 6.16. The molecule has 1 aromatic carbocycles. The molecule has 0 unspecified atom stereocenters. The minimum absolute atomic E-state index is 0.217. The monoisotopic (exact) mass is 394 g/mol. The van der Waals surface area contributed by atoms with Gasteiger partial charge in [0.2, 0.25) is 11.8 Å². The lowest BCUT2D eigenvalue weighted by molar-refractivity contribution is -0.154. The summed E-state index contributed by atoms with van der Waals surface area (Å²) >= 11 is 1.53. The zero-order valence-corrected chi connectivity index (χ0v) is 16.3. The molecule has 2 fully saturated rings. The van der Waals surface area contributed by atoms with Gasteiger partial charge in [-0.1, -0.05) is 18.2 Å². The Hall–Kier alpha value is -1.93. The first-order valence-electron chi connectivity index (χ1n) is 8.87. The van der Waals surface area contributed by atoms with E-state index in [0.717, 1.165) is 0 Å². The van der Waals surface area contributed by atoms with Gasteiger partial charge >= 0.3 is 5.97 Å². The summed E-state index contributed by atoms with van der Waals surface area (Å²) in [7, 11) is 1.26. The average Bonchev–Trinajstić information content (AvgIpc) is 3.14. The molecule has 2 saturated heterocycles. The Bertz CT molecular complexity index is 774. The molecule has 146 valence electrons. The molecular formula is C19H23FN2O4S. The van der Waals surface area contributed by atoms with Gasteiger partial charge in [0.05, 0.1) is 18.9 Å². The summed E-state index contributed by atoms with van der Waals surface area (Å²) < 4.78 is 19.5. The van der Waals surface area contributed by atoms with E-state index >= 15 is 0 Å². The van der Waals surface area contributed by atoms with Crippen molar-refractivity contribution in [2.75, 3.05) is 25.7 Å². The molecule has 8 heteroatoms. The molecule has 1 aromatic rings. The van der Waals surface area contributed by atoms with Crippen LogP contribution in [0.3, 0.4) is 0 Å². The van der Waals surface area contributed by atoms with Crippen LogP contribution in [0.1, 0.15) is 24.9 Å². The second-order valence-corrected chi connectivity index (χ2v) is 7.76. The highest BCUT2D eigenvalue weighted by Crippen LogP contribution is 2.50. The van der Waals surface area contributed by atoms with Crippen LogP contribution in [0.4, 0.5) is 4.39 Å². The molecule has 2 aliphatic rings. The number of hydrogen-bond acceptors (Lipinski definition) is 6. The Labute approximate surface area is 161 Å². The highest BCUT2D eigenvalue weighted by molar-refractivity contribution is 7.98. The number of amides is 2. The normalized spacial score (nSPS) is 29.9. The highest BCUT2D eigenvalue weighted by atomic mass is 32.2. The van der Waals surface area contributed by atoms with Gasteiger partial charge in [0.25, 0.3) is 0 Å². The molecule has 6 nitrogen and oxygen atoms in total. The van der Waals surface area contributed by atoms with Gasteiger partial charge in [0.15, 0.2) is 0 Å². The van der Waals surface area contributed by atoms with E-state index in [9.17, 15) is 18.8 Å². The van der Waals surface area contributed by atoms with Crippen molar-refractivity contribution in [1.29, 1.82) is 0 Å². The van der Waals surface area contributed by atoms with E-state index in [-0.39, 0.29) is 18.0 Å². The molecule has 0 saturated carbocycles. The van der Waals surface area contributed by atoms with E-state index in [1.807, 2.05) is 6.26 Å². The second-order valence-electron chi connectivity index (χ2n) is 6.77. The number of nitrogens with one attached hydrogen (secondary N) is 1. The molecule has 0 bridgehead atoms. The number of ether oxygens (including phenoxy) is 1. The molecular weight excluding hydrogens is 371 g/mol. The minimum atomic E-state index is -1.36. The summed E-state index contributed by atoms with van der Waals surface area (Å²) in [6.07, 6.45) is 2.20. The standard InChI is InChI=1S/C19H23FN2O4S/c1-4-22-16(23)13-14(17(22)24)19(9-10-27-3,18(25)26-2)21-15(13)11-7-5-6-8-12(11)20/h5-8,13-15,21H,4,9-10H2,1-3H3/t13-,14-,15-,19+/m0/s1. The zero-order valence-electron chi connectivity index (χ0n) is 15.5. The number of hydrogen-bond donors (Lipinski definition) is 1. The number of imide groups is 1. The van der Waals surface area contributed by atoms with E-state index < -0.39 is 41.1 Å². The summed E-state index contributed by atoms with van der Waals surface area (Å²) in [6.45, 7) is 1.93. The average molecular weight is 394 g/mol. The maximum Gasteiger partial charge on any atom is 0.326 e. The van der Waals surface area contributed by atoms with Crippen LogP contribution in [-0.2, 0) is 19.1 Å². The SMILES string of the molecule is CCN1C(=O)[C@H]2[C@@H](C1=O)[C@](CCSC)(C(=O)OC)N[C@H]2c1ccccc1F. The van der Waals surface area contributed by atoms with Gasteiger partial charge in [0, 0.05) is 18.2 Å². The number of halogens is 1. The maximum absolute atomic E-state index is 14.5. The van der Waals surface area contributed by atoms with Crippen LogP contribution in [0.15, 0.2) is 24.3 Å². The van der Waals surface area contributed by atoms with Crippen molar-refractivity contribution in [2.45, 2.75) is 24.9 Å². The Balaban J connectivity index is 2.16. The van der Waals surface area contributed by atoms with Crippen LogP contribution < -0.4 is 5.32 Å². The molecule has 4 atom stereocenters. The number of thioether (sulfide) groups is 1. The van der Waals surface area contributed by atoms with Crippen molar-refractivity contribution in [3.05, 3.63) is 35.6 Å². The van der Waals surface area contributed by atoms with Gasteiger partial charge in [-0.2, -0.15) is 11.8 Å². The number of benzene rings is 1. The first kappa shape index (κ1) is 19.8. The van der Waals surface area contributed by atoms with Crippen molar-refractivity contribution < 1.29 is 23.5 Å². The van der Waals surface area contributed by atoms with Gasteiger partial charge in [-0.25, -0.2) is 4.39 Å². The molecule has 3 rings (SSSR count). The predicted octanol–water partition coefficient (Wildman–Crippen LogP) is 1.76. The smallest absolute Gasteiger partial charge is 0.326 e. The summed E-state index contributed by atoms with van der Waals surface area (Å²) in [5.41, 5.74) is -1.08. The van der Waals surface area contributed by atoms with Gasteiger partial charge in [-0.3, -0.25) is 24.6 Å². The fourth-order valence-corrected chi connectivity index (χ4v) is 4.86. The first-order valence-corrected chi connectivity index (χ1v) is 10.3. The third-order valence-electron chi connectivity index (χ3n) is 5.55. The zero-order chi connectivity index (χ0) is 19.8. The molecule has 2 amide bonds. The van der Waals surface area contributed by atoms with Crippen molar-refractivity contribution >= 4 is 29.5 Å². The van der Waals surface area contributed by atoms with Crippen LogP contribution >= 0.6 is 11.8 Å². The molecule has 0 spiro atoms. The quantitative estimate of drug-likeness (QED) is 0.585. The van der Waals surface area contributed by atoms with Crippen LogP contribution in [0.25, 0.3) is 0 Å². The number of rotatable bonds is 6. The maximum atomic E-state index is 14.5. The Morgan fingerprint density at radius 1 is 1.33 bits per heavy atom. The Kier molecular flexibility index (Phi) is 5.58. The molecule has 0 radical (unpaired) electrons. The molecule has 2 aliphatic heterocycles. The number of fused-ring (bicyclic) bond motifs is 1. The Morgan fingerprint density at radius 2 is 2.04 bits per heavy atom. The fraction of sp³-hybridized carbons (Fsp3) is 0.526. The second kappa shape index (κ2) is 7.59. The topological polar surface area (TPSA) is 75.7 Å². The largest absolute Gasteiger partial charge is 0.468 e. The minimum Gasteiger partial charge on any atom is -0.468 e. The van der Waals surface area contributed by atoms with Gasteiger partial charge in [0.1, 0.15) is 11.4 Å². The lowest BCUT2D eigenvalue weighted by atomic mass is 9.78. The molecule has 2 heterocycles. The summed E-state index contributed by atoms with van der Waals surface area (Å²) in [4.78, 5) is 40.0. The van der Waals surface area contributed by atoms with E-state index in [0.29, 0.717) is 12.2 Å². The van der Waals surface area contributed by atoms with Crippen molar-refractivity contribution in [3.8, 4) is 0 Å². The van der Waals surface area contributed by atoms with Crippen molar-refractivity contribution in [2.24, 2.45) is 11.8 Å². The first-order chi connectivity index (χ1) is 12.9. The van der Waals surface area contributed by atoms with E-state index in [4.69, 9.17) is 4.74 Å². The number of likely N-dealkylation sites (tertiary alicyclic amines) is 1. The summed E-state index contributed by atoms with van der Waals surface area (Å²) in [6, 6.07) is 5.36. The van der Waals surface area contributed by atoms with Gasteiger partial charge in [-0.05, 0) is 31.4 Å². The number of nitrogens with zero attached hydrogens (tertiary/aromatic N) is 1. The highest BCUT2D eigenvalue weighted by Gasteiger charge is 2.68. The van der Waals surface area contributed by atoms with Crippen LogP contribution in [-0.4, -0.2) is 53.9 Å². The number of esters is 1. The summed E-state index contributed by atoms with van der Waals surface area (Å²) in [5, 5.41) is 3.16. The van der Waals surface area contributed by atoms with Crippen molar-refractivity contribution in [3.63, 3.8) is 0 Å². The van der Waals surface area contributed by atoms with E-state index in [1.54, 1.807) is 25.1 Å². The lowest BCUT2D eigenvalue weighted by Crippen LogP contribution is -2.56. The molecule has 0 aromatic heterocycles. The van der Waals surface area contributed by atoms with E-state index in [1.165, 1.54) is 29.8 Å². The van der Waals surface area contributed by atoms with Crippen molar-refractivity contribution in [1.82, 2.24) is 10.2 Å².